The van der Waals surface area contributed by atoms with Gasteiger partial charge in [0.05, 0.1) is 18.4 Å². The Kier molecular flexibility index (Phi) is 2.55. The van der Waals surface area contributed by atoms with Crippen LogP contribution in [0.2, 0.25) is 0 Å². The Balaban J connectivity index is 2.37. The summed E-state index contributed by atoms with van der Waals surface area (Å²) in [4.78, 5) is 0. The van der Waals surface area contributed by atoms with E-state index in [1.807, 2.05) is 30.3 Å². The normalized spacial score (nSPS) is 10.4. The summed E-state index contributed by atoms with van der Waals surface area (Å²) in [5.41, 5.74) is 9.21. The molecule has 1 radical (unpaired) electrons. The molecule has 0 aliphatic carbocycles. The molecule has 0 aliphatic rings. The van der Waals surface area contributed by atoms with E-state index in [4.69, 9.17) is 5.73 Å². The van der Waals surface area contributed by atoms with Crippen LogP contribution in [-0.4, -0.2) is 21.5 Å². The molecule has 4 nitrogen and oxygen atoms in total. The Morgan fingerprint density at radius 3 is 2.71 bits per heavy atom. The van der Waals surface area contributed by atoms with E-state index in [0.717, 1.165) is 11.3 Å². The first-order valence-corrected chi connectivity index (χ1v) is 4.50. The van der Waals surface area contributed by atoms with Crippen LogP contribution in [0.25, 0.3) is 11.3 Å². The smallest absolute Gasteiger partial charge is 0.0886 e. The molecule has 1 heterocycles. The molecule has 0 bridgehead atoms. The van der Waals surface area contributed by atoms with Crippen molar-refractivity contribution in [1.29, 1.82) is 0 Å². The minimum atomic E-state index is 0.323. The molecule has 0 spiro atoms. The van der Waals surface area contributed by atoms with Crippen molar-refractivity contribution in [2.75, 3.05) is 6.54 Å². The van der Waals surface area contributed by atoms with Gasteiger partial charge in [0, 0.05) is 12.1 Å². The monoisotopic (exact) mass is 187 g/mol. The van der Waals surface area contributed by atoms with Crippen LogP contribution in [0, 0.1) is 0 Å². The Morgan fingerprint density at radius 2 is 2.00 bits per heavy atom. The van der Waals surface area contributed by atoms with Crippen molar-refractivity contribution in [2.45, 2.75) is 6.54 Å². The zero-order chi connectivity index (χ0) is 9.80. The molecule has 0 fully saturated rings. The number of hydrogen-bond donors (Lipinski definition) is 0. The highest BCUT2D eigenvalue weighted by molar-refractivity contribution is 5.57. The Bertz CT molecular complexity index is 394. The zero-order valence-electron chi connectivity index (χ0n) is 7.72. The largest absolute Gasteiger partial charge is 0.256 e. The zero-order valence-corrected chi connectivity index (χ0v) is 7.72. The molecular weight excluding hydrogens is 176 g/mol. The predicted octanol–water partition coefficient (Wildman–Crippen LogP) is 1.23. The molecule has 0 saturated heterocycles. The molecule has 0 saturated carbocycles. The lowest BCUT2D eigenvalue weighted by Gasteiger charge is -2.03. The molecular formula is C10H11N4. The quantitative estimate of drug-likeness (QED) is 0.725. The standard InChI is InChI=1S/C10H11N4/c11-6-7-14-10(8-12-13-14)9-4-2-1-3-5-9/h1-5,8,11H,6-7H2. The van der Waals surface area contributed by atoms with Crippen molar-refractivity contribution in [3.05, 3.63) is 36.5 Å². The number of rotatable bonds is 3. The van der Waals surface area contributed by atoms with E-state index in [9.17, 15) is 0 Å². The number of nitrogens with one attached hydrogen (secondary N) is 1. The van der Waals surface area contributed by atoms with Gasteiger partial charge in [0.2, 0.25) is 0 Å². The fraction of sp³-hybridized carbons (Fsp3) is 0.200. The van der Waals surface area contributed by atoms with Crippen molar-refractivity contribution in [1.82, 2.24) is 20.7 Å². The average Bonchev–Trinajstić information content (AvgIpc) is 2.68. The van der Waals surface area contributed by atoms with E-state index < -0.39 is 0 Å². The second-order valence-corrected chi connectivity index (χ2v) is 2.96. The van der Waals surface area contributed by atoms with E-state index in [2.05, 4.69) is 10.3 Å². The van der Waals surface area contributed by atoms with E-state index in [0.29, 0.717) is 13.1 Å². The van der Waals surface area contributed by atoms with Crippen molar-refractivity contribution >= 4 is 0 Å². The lowest BCUT2D eigenvalue weighted by atomic mass is 10.2. The highest BCUT2D eigenvalue weighted by Crippen LogP contribution is 2.16. The maximum atomic E-state index is 7.15. The van der Waals surface area contributed by atoms with Crippen LogP contribution in [0.4, 0.5) is 0 Å². The molecule has 0 unspecified atom stereocenters. The fourth-order valence-corrected chi connectivity index (χ4v) is 1.36. The van der Waals surface area contributed by atoms with Gasteiger partial charge in [-0.25, -0.2) is 4.68 Å². The van der Waals surface area contributed by atoms with E-state index in [-0.39, 0.29) is 0 Å². The van der Waals surface area contributed by atoms with Crippen molar-refractivity contribution in [2.24, 2.45) is 0 Å². The maximum Gasteiger partial charge on any atom is 0.0886 e. The van der Waals surface area contributed by atoms with Crippen LogP contribution in [-0.2, 0) is 6.54 Å². The first kappa shape index (κ1) is 8.90. The van der Waals surface area contributed by atoms with Gasteiger partial charge in [0.25, 0.3) is 0 Å². The summed E-state index contributed by atoms with van der Waals surface area (Å²) >= 11 is 0. The molecule has 2 rings (SSSR count). The molecule has 1 aromatic carbocycles. The van der Waals surface area contributed by atoms with Crippen LogP contribution in [0.5, 0.6) is 0 Å². The third-order valence-corrected chi connectivity index (χ3v) is 2.01. The molecule has 2 aromatic rings. The van der Waals surface area contributed by atoms with Crippen LogP contribution in [0.1, 0.15) is 0 Å². The average molecular weight is 187 g/mol. The topological polar surface area (TPSA) is 54.5 Å². The fourth-order valence-electron chi connectivity index (χ4n) is 1.36. The number of hydrogen-bond acceptors (Lipinski definition) is 2. The van der Waals surface area contributed by atoms with Gasteiger partial charge in [-0.3, -0.25) is 5.73 Å². The Labute approximate surface area is 82.4 Å². The molecule has 4 heteroatoms. The molecule has 0 amide bonds. The first-order valence-electron chi connectivity index (χ1n) is 4.50. The minimum Gasteiger partial charge on any atom is -0.256 e. The van der Waals surface area contributed by atoms with E-state index in [1.54, 1.807) is 10.9 Å². The van der Waals surface area contributed by atoms with Gasteiger partial charge in [-0.15, -0.1) is 5.10 Å². The summed E-state index contributed by atoms with van der Waals surface area (Å²) < 4.78 is 1.75. The molecule has 0 atom stereocenters. The van der Waals surface area contributed by atoms with Crippen LogP contribution < -0.4 is 5.73 Å². The molecule has 14 heavy (non-hydrogen) atoms. The predicted molar refractivity (Wildman–Crippen MR) is 53.4 cm³/mol. The van der Waals surface area contributed by atoms with Gasteiger partial charge in [-0.1, -0.05) is 35.5 Å². The van der Waals surface area contributed by atoms with Gasteiger partial charge in [0.1, 0.15) is 0 Å². The van der Waals surface area contributed by atoms with Crippen LogP contribution >= 0.6 is 0 Å². The van der Waals surface area contributed by atoms with Gasteiger partial charge >= 0.3 is 0 Å². The summed E-state index contributed by atoms with van der Waals surface area (Å²) in [6.45, 7) is 0.910. The molecule has 1 aromatic heterocycles. The third-order valence-electron chi connectivity index (χ3n) is 2.01. The van der Waals surface area contributed by atoms with Gasteiger partial charge in [-0.05, 0) is 0 Å². The van der Waals surface area contributed by atoms with Crippen molar-refractivity contribution in [3.63, 3.8) is 0 Å². The lowest BCUT2D eigenvalue weighted by Crippen LogP contribution is -2.06. The highest BCUT2D eigenvalue weighted by atomic mass is 15.4. The van der Waals surface area contributed by atoms with Crippen LogP contribution in [0.3, 0.4) is 0 Å². The Hall–Kier alpha value is -1.68. The number of aromatic nitrogens is 3. The van der Waals surface area contributed by atoms with Crippen LogP contribution in [0.15, 0.2) is 36.5 Å². The molecule has 71 valence electrons. The second-order valence-electron chi connectivity index (χ2n) is 2.96. The van der Waals surface area contributed by atoms with Crippen molar-refractivity contribution in [3.8, 4) is 11.3 Å². The first-order chi connectivity index (χ1) is 6.92. The lowest BCUT2D eigenvalue weighted by molar-refractivity contribution is 0.598. The minimum absolute atomic E-state index is 0.323. The summed E-state index contributed by atoms with van der Waals surface area (Å²) in [6, 6.07) is 9.96. The van der Waals surface area contributed by atoms with Gasteiger partial charge < -0.3 is 0 Å². The summed E-state index contributed by atoms with van der Waals surface area (Å²) in [7, 11) is 0. The second kappa shape index (κ2) is 4.02. The molecule has 1 N–H and O–H groups in total. The summed E-state index contributed by atoms with van der Waals surface area (Å²) in [6.07, 6.45) is 1.73. The van der Waals surface area contributed by atoms with Gasteiger partial charge in [-0.2, -0.15) is 0 Å². The van der Waals surface area contributed by atoms with Crippen molar-refractivity contribution < 1.29 is 0 Å². The number of benzene rings is 1. The van der Waals surface area contributed by atoms with Gasteiger partial charge in [0.15, 0.2) is 0 Å². The SMILES string of the molecule is [NH]CCn1nncc1-c1ccccc1. The van der Waals surface area contributed by atoms with E-state index >= 15 is 0 Å². The Morgan fingerprint density at radius 1 is 1.21 bits per heavy atom. The number of nitrogens with zero attached hydrogens (tertiary/aromatic N) is 3. The maximum absolute atomic E-state index is 7.15. The summed E-state index contributed by atoms with van der Waals surface area (Å²) in [5, 5.41) is 7.78. The molecule has 0 aliphatic heterocycles. The highest BCUT2D eigenvalue weighted by Gasteiger charge is 2.04. The summed E-state index contributed by atoms with van der Waals surface area (Å²) in [5.74, 6) is 0. The third kappa shape index (κ3) is 1.65. The van der Waals surface area contributed by atoms with E-state index in [1.165, 1.54) is 0 Å².